The summed E-state index contributed by atoms with van der Waals surface area (Å²) in [5, 5.41) is 8.89. The number of nitrogen functional groups attached to an aromatic ring is 1. The zero-order valence-corrected chi connectivity index (χ0v) is 6.04. The topological polar surface area (TPSA) is 75.3 Å². The van der Waals surface area contributed by atoms with Crippen LogP contribution in [0.5, 0.6) is 5.75 Å². The first kappa shape index (κ1) is 8.48. The molecule has 1 aromatic rings. The molecule has 0 aromatic heterocycles. The average molecular weight is 170 g/mol. The fourth-order valence-corrected chi connectivity index (χ4v) is 0.765. The van der Waals surface area contributed by atoms with Gasteiger partial charge in [0.05, 0.1) is 5.56 Å². The number of aromatic hydroxyl groups is 1. The molecule has 5 heteroatoms. The van der Waals surface area contributed by atoms with Crippen molar-refractivity contribution in [2.45, 2.75) is 0 Å². The standard InChI is InChI=1S/C7H7FN2O2/c8-6-2-1-4(11)3-5(6)7(12)10-9/h1-3,11H,9H2,(H,10,12). The Kier molecular flexibility index (Phi) is 2.25. The highest BCUT2D eigenvalue weighted by atomic mass is 19.1. The van der Waals surface area contributed by atoms with Gasteiger partial charge in [0.2, 0.25) is 0 Å². The highest BCUT2D eigenvalue weighted by molar-refractivity contribution is 5.94. The highest BCUT2D eigenvalue weighted by Gasteiger charge is 2.10. The molecule has 0 fully saturated rings. The van der Waals surface area contributed by atoms with Crippen LogP contribution in [-0.2, 0) is 0 Å². The van der Waals surface area contributed by atoms with Gasteiger partial charge in [-0.1, -0.05) is 0 Å². The van der Waals surface area contributed by atoms with Crippen molar-refractivity contribution in [2.24, 2.45) is 5.84 Å². The Morgan fingerprint density at radius 1 is 1.58 bits per heavy atom. The molecule has 0 spiro atoms. The largest absolute Gasteiger partial charge is 0.508 e. The molecule has 0 radical (unpaired) electrons. The van der Waals surface area contributed by atoms with Gasteiger partial charge in [0.1, 0.15) is 11.6 Å². The van der Waals surface area contributed by atoms with Crippen molar-refractivity contribution >= 4 is 5.91 Å². The van der Waals surface area contributed by atoms with Crippen LogP contribution in [0.3, 0.4) is 0 Å². The van der Waals surface area contributed by atoms with Crippen LogP contribution in [0, 0.1) is 5.82 Å². The lowest BCUT2D eigenvalue weighted by molar-refractivity contribution is 0.0949. The molecule has 1 rings (SSSR count). The molecule has 1 aromatic carbocycles. The first-order chi connectivity index (χ1) is 5.65. The molecule has 12 heavy (non-hydrogen) atoms. The summed E-state index contributed by atoms with van der Waals surface area (Å²) in [6.45, 7) is 0. The van der Waals surface area contributed by atoms with Gasteiger partial charge in [-0.15, -0.1) is 0 Å². The monoisotopic (exact) mass is 170 g/mol. The minimum absolute atomic E-state index is 0.185. The second-order valence-electron chi connectivity index (χ2n) is 2.14. The lowest BCUT2D eigenvalue weighted by Gasteiger charge is -2.00. The molecule has 64 valence electrons. The molecular weight excluding hydrogens is 163 g/mol. The van der Waals surface area contributed by atoms with E-state index in [9.17, 15) is 9.18 Å². The Balaban J connectivity index is 3.13. The summed E-state index contributed by atoms with van der Waals surface area (Å²) in [6, 6.07) is 3.13. The van der Waals surface area contributed by atoms with E-state index in [0.29, 0.717) is 0 Å². The molecule has 0 bridgehead atoms. The number of carbonyl (C=O) groups is 1. The second kappa shape index (κ2) is 3.19. The lowest BCUT2D eigenvalue weighted by Crippen LogP contribution is -2.30. The minimum Gasteiger partial charge on any atom is -0.508 e. The van der Waals surface area contributed by atoms with E-state index in [1.807, 2.05) is 0 Å². The molecule has 4 nitrogen and oxygen atoms in total. The quantitative estimate of drug-likeness (QED) is 0.318. The van der Waals surface area contributed by atoms with Gasteiger partial charge in [-0.25, -0.2) is 10.2 Å². The Labute approximate surface area is 67.8 Å². The van der Waals surface area contributed by atoms with Crippen LogP contribution in [0.1, 0.15) is 10.4 Å². The number of phenols is 1. The van der Waals surface area contributed by atoms with E-state index in [1.54, 1.807) is 5.43 Å². The van der Waals surface area contributed by atoms with Crippen molar-refractivity contribution in [3.63, 3.8) is 0 Å². The van der Waals surface area contributed by atoms with E-state index < -0.39 is 11.7 Å². The predicted molar refractivity (Wildman–Crippen MR) is 39.7 cm³/mol. The third kappa shape index (κ3) is 1.51. The van der Waals surface area contributed by atoms with E-state index >= 15 is 0 Å². The minimum atomic E-state index is -0.775. The van der Waals surface area contributed by atoms with Crippen LogP contribution in [0.4, 0.5) is 4.39 Å². The van der Waals surface area contributed by atoms with Crippen molar-refractivity contribution in [1.29, 1.82) is 0 Å². The molecule has 0 saturated carbocycles. The van der Waals surface area contributed by atoms with Crippen molar-refractivity contribution in [3.8, 4) is 5.75 Å². The van der Waals surface area contributed by atoms with Crippen LogP contribution in [0.15, 0.2) is 18.2 Å². The van der Waals surface area contributed by atoms with E-state index in [2.05, 4.69) is 0 Å². The number of hydrazine groups is 1. The highest BCUT2D eigenvalue weighted by Crippen LogP contribution is 2.14. The zero-order chi connectivity index (χ0) is 9.14. The average Bonchev–Trinajstić information content (AvgIpc) is 2.08. The number of nitrogens with two attached hydrogens (primary N) is 1. The molecule has 0 aliphatic rings. The Morgan fingerprint density at radius 2 is 2.25 bits per heavy atom. The zero-order valence-electron chi connectivity index (χ0n) is 6.04. The molecule has 0 atom stereocenters. The second-order valence-corrected chi connectivity index (χ2v) is 2.14. The van der Waals surface area contributed by atoms with E-state index in [1.165, 1.54) is 0 Å². The van der Waals surface area contributed by atoms with Crippen LogP contribution < -0.4 is 11.3 Å². The van der Waals surface area contributed by atoms with Crippen molar-refractivity contribution in [1.82, 2.24) is 5.43 Å². The number of nitrogens with one attached hydrogen (secondary N) is 1. The van der Waals surface area contributed by atoms with E-state index in [0.717, 1.165) is 18.2 Å². The molecule has 1 amide bonds. The fourth-order valence-electron chi connectivity index (χ4n) is 0.765. The summed E-state index contributed by atoms with van der Waals surface area (Å²) in [4.78, 5) is 10.8. The van der Waals surface area contributed by atoms with Gasteiger partial charge in [-0.05, 0) is 18.2 Å². The fraction of sp³-hybridized carbons (Fsp3) is 0. The summed E-state index contributed by atoms with van der Waals surface area (Å²) >= 11 is 0. The molecule has 0 saturated heterocycles. The summed E-state index contributed by atoms with van der Waals surface area (Å²) in [5.74, 6) is 3.09. The number of phenolic OH excluding ortho intramolecular Hbond substituents is 1. The third-order valence-corrected chi connectivity index (χ3v) is 1.33. The number of rotatable bonds is 1. The Hall–Kier alpha value is -1.62. The van der Waals surface area contributed by atoms with Crippen LogP contribution >= 0.6 is 0 Å². The third-order valence-electron chi connectivity index (χ3n) is 1.33. The number of hydrogen-bond donors (Lipinski definition) is 3. The Bertz CT molecular complexity index is 314. The predicted octanol–water partition coefficient (Wildman–Crippen LogP) is 0.135. The van der Waals surface area contributed by atoms with E-state index in [4.69, 9.17) is 10.9 Å². The van der Waals surface area contributed by atoms with Crippen molar-refractivity contribution in [3.05, 3.63) is 29.6 Å². The number of carbonyl (C=O) groups excluding carboxylic acids is 1. The lowest BCUT2D eigenvalue weighted by atomic mass is 10.2. The van der Waals surface area contributed by atoms with Gasteiger partial charge >= 0.3 is 0 Å². The van der Waals surface area contributed by atoms with Crippen molar-refractivity contribution in [2.75, 3.05) is 0 Å². The smallest absolute Gasteiger partial charge is 0.268 e. The normalized spacial score (nSPS) is 9.50. The van der Waals surface area contributed by atoms with Crippen LogP contribution in [0.2, 0.25) is 0 Å². The van der Waals surface area contributed by atoms with Crippen LogP contribution in [-0.4, -0.2) is 11.0 Å². The summed E-state index contributed by atoms with van der Waals surface area (Å²) < 4.78 is 12.8. The summed E-state index contributed by atoms with van der Waals surface area (Å²) in [5.41, 5.74) is 1.48. The molecule has 0 aliphatic heterocycles. The van der Waals surface area contributed by atoms with Gasteiger partial charge in [0.15, 0.2) is 0 Å². The number of benzene rings is 1. The van der Waals surface area contributed by atoms with Gasteiger partial charge in [0.25, 0.3) is 5.91 Å². The molecule has 0 heterocycles. The maximum Gasteiger partial charge on any atom is 0.268 e. The van der Waals surface area contributed by atoms with E-state index in [-0.39, 0.29) is 11.3 Å². The SMILES string of the molecule is NNC(=O)c1cc(O)ccc1F. The molecular formula is C7H7FN2O2. The molecule has 0 aliphatic carbocycles. The summed E-state index contributed by atoms with van der Waals surface area (Å²) in [7, 11) is 0. The van der Waals surface area contributed by atoms with Crippen LogP contribution in [0.25, 0.3) is 0 Å². The van der Waals surface area contributed by atoms with Crippen molar-refractivity contribution < 1.29 is 14.3 Å². The summed E-state index contributed by atoms with van der Waals surface area (Å²) in [6.07, 6.45) is 0. The number of amides is 1. The van der Waals surface area contributed by atoms with Gasteiger partial charge < -0.3 is 5.11 Å². The molecule has 0 unspecified atom stereocenters. The first-order valence-electron chi connectivity index (χ1n) is 3.14. The number of hydrogen-bond acceptors (Lipinski definition) is 3. The van der Waals surface area contributed by atoms with Gasteiger partial charge in [-0.3, -0.25) is 10.2 Å². The maximum absolute atomic E-state index is 12.8. The number of halogens is 1. The Morgan fingerprint density at radius 3 is 2.83 bits per heavy atom. The van der Waals surface area contributed by atoms with Gasteiger partial charge in [0, 0.05) is 0 Å². The van der Waals surface area contributed by atoms with Gasteiger partial charge in [-0.2, -0.15) is 0 Å². The maximum atomic E-state index is 12.8. The molecule has 4 N–H and O–H groups in total. The first-order valence-corrected chi connectivity index (χ1v) is 3.14.